The number of aromatic nitrogens is 2. The van der Waals surface area contributed by atoms with Crippen LogP contribution in [0, 0.1) is 6.92 Å². The largest absolute Gasteiger partial charge is 0.342 e. The number of amides is 2. The summed E-state index contributed by atoms with van der Waals surface area (Å²) in [6.07, 6.45) is 6.26. The molecule has 0 unspecified atom stereocenters. The van der Waals surface area contributed by atoms with Crippen molar-refractivity contribution in [3.63, 3.8) is 0 Å². The normalized spacial score (nSPS) is 19.4. The minimum absolute atomic E-state index is 0.0739. The van der Waals surface area contributed by atoms with Crippen molar-refractivity contribution in [2.75, 3.05) is 45.8 Å². The van der Waals surface area contributed by atoms with E-state index < -0.39 is 0 Å². The molecule has 0 atom stereocenters. The van der Waals surface area contributed by atoms with E-state index in [2.05, 4.69) is 14.9 Å². The second-order valence-corrected chi connectivity index (χ2v) is 6.55. The van der Waals surface area contributed by atoms with Crippen LogP contribution >= 0.6 is 0 Å². The first-order valence-corrected chi connectivity index (χ1v) is 8.71. The van der Waals surface area contributed by atoms with Gasteiger partial charge in [0.2, 0.25) is 5.91 Å². The predicted molar refractivity (Wildman–Crippen MR) is 89.5 cm³/mol. The van der Waals surface area contributed by atoms with Crippen molar-refractivity contribution in [1.82, 2.24) is 24.7 Å². The lowest BCUT2D eigenvalue weighted by Crippen LogP contribution is -2.41. The molecule has 0 saturated carbocycles. The van der Waals surface area contributed by atoms with Gasteiger partial charge in [-0.3, -0.25) is 19.5 Å². The van der Waals surface area contributed by atoms with Crippen molar-refractivity contribution in [3.8, 4) is 0 Å². The molecule has 0 aromatic carbocycles. The van der Waals surface area contributed by atoms with E-state index in [0.717, 1.165) is 51.1 Å². The Kier molecular flexibility index (Phi) is 5.40. The van der Waals surface area contributed by atoms with Crippen LogP contribution in [0.3, 0.4) is 0 Å². The van der Waals surface area contributed by atoms with Gasteiger partial charge in [-0.1, -0.05) is 0 Å². The van der Waals surface area contributed by atoms with Gasteiger partial charge < -0.3 is 9.80 Å². The molecule has 2 saturated heterocycles. The molecule has 3 heterocycles. The van der Waals surface area contributed by atoms with Gasteiger partial charge in [-0.25, -0.2) is 4.98 Å². The third-order valence-electron chi connectivity index (χ3n) is 4.69. The highest BCUT2D eigenvalue weighted by Gasteiger charge is 2.24. The molecule has 3 rings (SSSR count). The van der Waals surface area contributed by atoms with Crippen molar-refractivity contribution >= 4 is 11.8 Å². The van der Waals surface area contributed by atoms with E-state index in [-0.39, 0.29) is 11.8 Å². The average Bonchev–Trinajstić information content (AvgIpc) is 3.03. The first-order valence-electron chi connectivity index (χ1n) is 8.71. The number of nitrogens with zero attached hydrogens (tertiary/aromatic N) is 5. The lowest BCUT2D eigenvalue weighted by Gasteiger charge is -2.23. The Morgan fingerprint density at radius 3 is 2.38 bits per heavy atom. The summed E-state index contributed by atoms with van der Waals surface area (Å²) in [6, 6.07) is 0. The highest BCUT2D eigenvalue weighted by Crippen LogP contribution is 2.11. The molecule has 0 radical (unpaired) electrons. The zero-order valence-electron chi connectivity index (χ0n) is 14.3. The lowest BCUT2D eigenvalue weighted by molar-refractivity contribution is -0.131. The Balaban J connectivity index is 1.53. The summed E-state index contributed by atoms with van der Waals surface area (Å²) >= 11 is 0. The van der Waals surface area contributed by atoms with E-state index in [0.29, 0.717) is 25.3 Å². The standard InChI is InChI=1S/C17H25N5O2/c1-14-11-19-15(12-18-14)17(24)22-8-4-5-20(9-10-22)13-16(23)21-6-2-3-7-21/h11-12H,2-10,13H2,1H3. The summed E-state index contributed by atoms with van der Waals surface area (Å²) in [5.41, 5.74) is 1.19. The van der Waals surface area contributed by atoms with Crippen molar-refractivity contribution in [2.45, 2.75) is 26.2 Å². The van der Waals surface area contributed by atoms with Crippen LogP contribution in [0.5, 0.6) is 0 Å². The van der Waals surface area contributed by atoms with Gasteiger partial charge in [-0.15, -0.1) is 0 Å². The molecule has 1 aromatic rings. The molecule has 2 aliphatic heterocycles. The summed E-state index contributed by atoms with van der Waals surface area (Å²) in [7, 11) is 0. The van der Waals surface area contributed by atoms with Crippen molar-refractivity contribution in [2.24, 2.45) is 0 Å². The van der Waals surface area contributed by atoms with Crippen LogP contribution in [0.25, 0.3) is 0 Å². The second-order valence-electron chi connectivity index (χ2n) is 6.55. The summed E-state index contributed by atoms with van der Waals surface area (Å²) in [5, 5.41) is 0. The van der Waals surface area contributed by atoms with Gasteiger partial charge in [0, 0.05) is 45.5 Å². The van der Waals surface area contributed by atoms with E-state index in [1.807, 2.05) is 16.7 Å². The van der Waals surface area contributed by atoms with Gasteiger partial charge in [-0.2, -0.15) is 0 Å². The molecule has 24 heavy (non-hydrogen) atoms. The molecular weight excluding hydrogens is 306 g/mol. The fourth-order valence-corrected chi connectivity index (χ4v) is 3.25. The van der Waals surface area contributed by atoms with E-state index in [1.54, 1.807) is 6.20 Å². The third-order valence-corrected chi connectivity index (χ3v) is 4.69. The van der Waals surface area contributed by atoms with Gasteiger partial charge in [0.1, 0.15) is 5.69 Å². The van der Waals surface area contributed by atoms with E-state index >= 15 is 0 Å². The summed E-state index contributed by atoms with van der Waals surface area (Å²) in [6.45, 7) is 7.00. The predicted octanol–water partition coefficient (Wildman–Crippen LogP) is 0.555. The Bertz CT molecular complexity index is 583. The fraction of sp³-hybridized carbons (Fsp3) is 0.647. The number of likely N-dealkylation sites (tertiary alicyclic amines) is 1. The Morgan fingerprint density at radius 1 is 0.917 bits per heavy atom. The molecule has 2 aliphatic rings. The topological polar surface area (TPSA) is 69.6 Å². The van der Waals surface area contributed by atoms with Gasteiger partial charge in [0.05, 0.1) is 18.4 Å². The Morgan fingerprint density at radius 2 is 1.67 bits per heavy atom. The summed E-state index contributed by atoms with van der Waals surface area (Å²) < 4.78 is 0. The van der Waals surface area contributed by atoms with Crippen molar-refractivity contribution in [1.29, 1.82) is 0 Å². The van der Waals surface area contributed by atoms with E-state index in [1.165, 1.54) is 6.20 Å². The van der Waals surface area contributed by atoms with E-state index in [9.17, 15) is 9.59 Å². The van der Waals surface area contributed by atoms with Gasteiger partial charge in [0.15, 0.2) is 0 Å². The minimum atomic E-state index is -0.0739. The maximum atomic E-state index is 12.5. The smallest absolute Gasteiger partial charge is 0.274 e. The lowest BCUT2D eigenvalue weighted by atomic mass is 10.3. The zero-order chi connectivity index (χ0) is 16.9. The number of carbonyl (C=O) groups excluding carboxylic acids is 2. The molecule has 0 bridgehead atoms. The number of rotatable bonds is 3. The maximum Gasteiger partial charge on any atom is 0.274 e. The second kappa shape index (κ2) is 7.70. The molecule has 1 aromatic heterocycles. The third kappa shape index (κ3) is 4.08. The van der Waals surface area contributed by atoms with Crippen LogP contribution < -0.4 is 0 Å². The molecule has 2 fully saturated rings. The van der Waals surface area contributed by atoms with Gasteiger partial charge in [0.25, 0.3) is 5.91 Å². The van der Waals surface area contributed by atoms with Crippen molar-refractivity contribution < 1.29 is 9.59 Å². The highest BCUT2D eigenvalue weighted by atomic mass is 16.2. The first-order chi connectivity index (χ1) is 11.6. The zero-order valence-corrected chi connectivity index (χ0v) is 14.3. The molecular formula is C17H25N5O2. The molecule has 7 nitrogen and oxygen atoms in total. The number of carbonyl (C=O) groups is 2. The van der Waals surface area contributed by atoms with Gasteiger partial charge in [-0.05, 0) is 26.2 Å². The average molecular weight is 331 g/mol. The molecule has 0 aliphatic carbocycles. The number of hydrogen-bond acceptors (Lipinski definition) is 5. The summed E-state index contributed by atoms with van der Waals surface area (Å²) in [5.74, 6) is 0.145. The summed E-state index contributed by atoms with van der Waals surface area (Å²) in [4.78, 5) is 39.1. The molecule has 130 valence electrons. The molecule has 0 spiro atoms. The van der Waals surface area contributed by atoms with E-state index in [4.69, 9.17) is 0 Å². The van der Waals surface area contributed by atoms with Crippen LogP contribution in [0.1, 0.15) is 35.4 Å². The van der Waals surface area contributed by atoms with Crippen LogP contribution in [0.4, 0.5) is 0 Å². The molecule has 0 N–H and O–H groups in total. The maximum absolute atomic E-state index is 12.5. The SMILES string of the molecule is Cc1cnc(C(=O)N2CCCN(CC(=O)N3CCCC3)CC2)cn1. The van der Waals surface area contributed by atoms with Gasteiger partial charge >= 0.3 is 0 Å². The van der Waals surface area contributed by atoms with Crippen LogP contribution in [-0.2, 0) is 4.79 Å². The monoisotopic (exact) mass is 331 g/mol. The Labute approximate surface area is 142 Å². The van der Waals surface area contributed by atoms with Crippen molar-refractivity contribution in [3.05, 3.63) is 23.8 Å². The van der Waals surface area contributed by atoms with Crippen LogP contribution in [-0.4, -0.2) is 82.3 Å². The Hall–Kier alpha value is -2.02. The number of hydrogen-bond donors (Lipinski definition) is 0. The quantitative estimate of drug-likeness (QED) is 0.809. The molecule has 7 heteroatoms. The fourth-order valence-electron chi connectivity index (χ4n) is 3.25. The molecule has 2 amide bonds. The number of aryl methyl sites for hydroxylation is 1. The van der Waals surface area contributed by atoms with Crippen LogP contribution in [0.2, 0.25) is 0 Å². The highest BCUT2D eigenvalue weighted by molar-refractivity contribution is 5.92. The van der Waals surface area contributed by atoms with Crippen LogP contribution in [0.15, 0.2) is 12.4 Å². The first kappa shape index (κ1) is 16.8. The minimum Gasteiger partial charge on any atom is -0.342 e.